The molecule has 0 aliphatic rings. The Morgan fingerprint density at radius 2 is 1.95 bits per heavy atom. The fraction of sp³-hybridized carbons (Fsp3) is 0.364. The van der Waals surface area contributed by atoms with Gasteiger partial charge in [-0.1, -0.05) is 11.6 Å². The minimum atomic E-state index is -3.98. The number of hydrogen-bond donors (Lipinski definition) is 0. The Labute approximate surface area is 120 Å². The molecule has 0 heterocycles. The lowest BCUT2D eigenvalue weighted by Crippen LogP contribution is -2.11. The van der Waals surface area contributed by atoms with Gasteiger partial charge in [-0.25, -0.2) is 13.2 Å². The van der Waals surface area contributed by atoms with Gasteiger partial charge in [0.1, 0.15) is 6.61 Å². The van der Waals surface area contributed by atoms with Crippen molar-refractivity contribution >= 4 is 37.3 Å². The molecule has 0 fully saturated rings. The molecule has 19 heavy (non-hydrogen) atoms. The van der Waals surface area contributed by atoms with Gasteiger partial charge < -0.3 is 9.47 Å². The molecule has 1 aromatic carbocycles. The number of rotatable bonds is 5. The Morgan fingerprint density at radius 3 is 2.47 bits per heavy atom. The molecule has 0 aromatic heterocycles. The summed E-state index contributed by atoms with van der Waals surface area (Å²) in [6, 6.07) is 2.47. The molecule has 0 spiro atoms. The minimum absolute atomic E-state index is 0.0194. The Bertz CT molecular complexity index is 583. The lowest BCUT2D eigenvalue weighted by atomic mass is 10.1. The van der Waals surface area contributed by atoms with Gasteiger partial charge in [0.05, 0.1) is 17.1 Å². The third kappa shape index (κ3) is 4.35. The molecule has 0 radical (unpaired) electrons. The van der Waals surface area contributed by atoms with Crippen molar-refractivity contribution in [3.8, 4) is 0 Å². The maximum Gasteiger partial charge on any atom is 0.338 e. The first-order valence-electron chi connectivity index (χ1n) is 5.18. The molecule has 8 heteroatoms. The first-order chi connectivity index (χ1) is 8.77. The summed E-state index contributed by atoms with van der Waals surface area (Å²) < 4.78 is 32.4. The molecule has 0 saturated heterocycles. The number of carbonyl (C=O) groups excluding carboxylic acids is 1. The van der Waals surface area contributed by atoms with Gasteiger partial charge in [-0.15, -0.1) is 0 Å². The van der Waals surface area contributed by atoms with Gasteiger partial charge in [0.25, 0.3) is 9.05 Å². The zero-order valence-corrected chi connectivity index (χ0v) is 12.6. The zero-order chi connectivity index (χ0) is 14.6. The number of hydrogen-bond acceptors (Lipinski definition) is 5. The Morgan fingerprint density at radius 1 is 1.32 bits per heavy atom. The molecule has 0 aliphatic heterocycles. The van der Waals surface area contributed by atoms with Gasteiger partial charge in [-0.2, -0.15) is 0 Å². The molecule has 0 aliphatic carbocycles. The largest absolute Gasteiger partial charge is 0.460 e. The van der Waals surface area contributed by atoms with E-state index in [1.165, 1.54) is 20.1 Å². The highest BCUT2D eigenvalue weighted by atomic mass is 35.7. The highest BCUT2D eigenvalue weighted by Crippen LogP contribution is 2.28. The third-order valence-electron chi connectivity index (χ3n) is 2.32. The molecule has 0 unspecified atom stereocenters. The number of halogens is 2. The van der Waals surface area contributed by atoms with Crippen molar-refractivity contribution < 1.29 is 22.7 Å². The molecule has 5 nitrogen and oxygen atoms in total. The number of ether oxygens (including phenoxy) is 2. The fourth-order valence-corrected chi connectivity index (χ4v) is 2.83. The summed E-state index contributed by atoms with van der Waals surface area (Å²) in [5.74, 6) is -0.694. The lowest BCUT2D eigenvalue weighted by molar-refractivity contribution is 0.0388. The molecule has 0 saturated carbocycles. The smallest absolute Gasteiger partial charge is 0.338 e. The zero-order valence-electron chi connectivity index (χ0n) is 10.3. The predicted octanol–water partition coefficient (Wildman–Crippen LogP) is 2.38. The van der Waals surface area contributed by atoms with Crippen molar-refractivity contribution in [2.45, 2.75) is 11.8 Å². The van der Waals surface area contributed by atoms with Crippen LogP contribution in [0.25, 0.3) is 0 Å². The highest BCUT2D eigenvalue weighted by molar-refractivity contribution is 8.13. The topological polar surface area (TPSA) is 69.7 Å². The van der Waals surface area contributed by atoms with E-state index in [0.29, 0.717) is 0 Å². The first kappa shape index (κ1) is 16.2. The molecular weight excluding hydrogens is 315 g/mol. The summed E-state index contributed by atoms with van der Waals surface area (Å²) in [6.07, 6.45) is 0. The van der Waals surface area contributed by atoms with E-state index in [4.69, 9.17) is 31.8 Å². The van der Waals surface area contributed by atoms with Crippen LogP contribution in [0.4, 0.5) is 0 Å². The van der Waals surface area contributed by atoms with Gasteiger partial charge in [-0.3, -0.25) is 0 Å². The van der Waals surface area contributed by atoms with Crippen molar-refractivity contribution in [3.05, 3.63) is 28.3 Å². The van der Waals surface area contributed by atoms with Crippen LogP contribution in [0, 0.1) is 6.92 Å². The minimum Gasteiger partial charge on any atom is -0.460 e. The molecule has 0 N–H and O–H groups in total. The molecular formula is C11H12Cl2O5S. The summed E-state index contributed by atoms with van der Waals surface area (Å²) in [4.78, 5) is 11.5. The van der Waals surface area contributed by atoms with E-state index in [9.17, 15) is 13.2 Å². The summed E-state index contributed by atoms with van der Waals surface area (Å²) in [5, 5.41) is 0.125. The van der Waals surface area contributed by atoms with Crippen LogP contribution < -0.4 is 0 Å². The van der Waals surface area contributed by atoms with Crippen molar-refractivity contribution in [1.82, 2.24) is 0 Å². The quantitative estimate of drug-likeness (QED) is 0.472. The Balaban J connectivity index is 3.11. The molecule has 1 aromatic rings. The van der Waals surface area contributed by atoms with Crippen LogP contribution in [0.3, 0.4) is 0 Å². The van der Waals surface area contributed by atoms with E-state index in [-0.39, 0.29) is 34.3 Å². The van der Waals surface area contributed by atoms with Crippen molar-refractivity contribution in [2.24, 2.45) is 0 Å². The summed E-state index contributed by atoms with van der Waals surface area (Å²) >= 11 is 5.87. The normalized spacial score (nSPS) is 11.4. The van der Waals surface area contributed by atoms with Crippen LogP contribution in [-0.2, 0) is 18.5 Å². The van der Waals surface area contributed by atoms with Crippen molar-refractivity contribution in [1.29, 1.82) is 0 Å². The second-order valence-corrected chi connectivity index (χ2v) is 6.59. The predicted molar refractivity (Wildman–Crippen MR) is 71.4 cm³/mol. The Hall–Kier alpha value is -0.820. The highest BCUT2D eigenvalue weighted by Gasteiger charge is 2.20. The monoisotopic (exact) mass is 326 g/mol. The second-order valence-electron chi connectivity index (χ2n) is 3.65. The third-order valence-corrected chi connectivity index (χ3v) is 4.16. The Kier molecular flexibility index (Phi) is 5.61. The van der Waals surface area contributed by atoms with Crippen molar-refractivity contribution in [3.63, 3.8) is 0 Å². The van der Waals surface area contributed by atoms with Gasteiger partial charge in [0, 0.05) is 22.8 Å². The first-order valence-corrected chi connectivity index (χ1v) is 7.87. The average Bonchev–Trinajstić information content (AvgIpc) is 2.31. The van der Waals surface area contributed by atoms with E-state index in [1.54, 1.807) is 0 Å². The average molecular weight is 327 g/mol. The van der Waals surface area contributed by atoms with Gasteiger partial charge in [0.2, 0.25) is 0 Å². The number of esters is 1. The van der Waals surface area contributed by atoms with E-state index in [2.05, 4.69) is 0 Å². The van der Waals surface area contributed by atoms with E-state index in [0.717, 1.165) is 6.07 Å². The molecule has 1 rings (SSSR count). The van der Waals surface area contributed by atoms with Crippen LogP contribution in [0.5, 0.6) is 0 Å². The summed E-state index contributed by atoms with van der Waals surface area (Å²) in [5.41, 5.74) is 0.302. The molecule has 106 valence electrons. The maximum absolute atomic E-state index is 11.7. The van der Waals surface area contributed by atoms with E-state index >= 15 is 0 Å². The van der Waals surface area contributed by atoms with E-state index < -0.39 is 15.0 Å². The summed E-state index contributed by atoms with van der Waals surface area (Å²) in [6.45, 7) is 1.80. The maximum atomic E-state index is 11.7. The lowest BCUT2D eigenvalue weighted by Gasteiger charge is -2.09. The number of methoxy groups -OCH3 is 1. The number of benzene rings is 1. The number of carbonyl (C=O) groups is 1. The standard InChI is InChI=1S/C11H12Cl2O5S/c1-7-9(12)5-8(6-10(7)19(13,15)16)11(14)18-4-3-17-2/h5-6H,3-4H2,1-2H3. The SMILES string of the molecule is COCCOC(=O)c1cc(Cl)c(C)c(S(=O)(=O)Cl)c1. The van der Waals surface area contributed by atoms with Gasteiger partial charge in [-0.05, 0) is 24.6 Å². The van der Waals surface area contributed by atoms with Crippen LogP contribution >= 0.6 is 22.3 Å². The molecule has 0 amide bonds. The fourth-order valence-electron chi connectivity index (χ4n) is 1.33. The molecule has 0 bridgehead atoms. The van der Waals surface area contributed by atoms with E-state index in [1.807, 2.05) is 0 Å². The van der Waals surface area contributed by atoms with Crippen molar-refractivity contribution in [2.75, 3.05) is 20.3 Å². The van der Waals surface area contributed by atoms with Gasteiger partial charge >= 0.3 is 5.97 Å². The molecule has 0 atom stereocenters. The summed E-state index contributed by atoms with van der Waals surface area (Å²) in [7, 11) is 2.77. The van der Waals surface area contributed by atoms with Crippen LogP contribution in [0.1, 0.15) is 15.9 Å². The van der Waals surface area contributed by atoms with Crippen LogP contribution in [0.2, 0.25) is 5.02 Å². The van der Waals surface area contributed by atoms with Gasteiger partial charge in [0.15, 0.2) is 0 Å². The van der Waals surface area contributed by atoms with Crippen LogP contribution in [0.15, 0.2) is 17.0 Å². The second kappa shape index (κ2) is 6.56. The van der Waals surface area contributed by atoms with Crippen LogP contribution in [-0.4, -0.2) is 34.7 Å².